The first-order valence-electron chi connectivity index (χ1n) is 8.48. The van der Waals surface area contributed by atoms with Crippen molar-refractivity contribution in [3.63, 3.8) is 0 Å². The van der Waals surface area contributed by atoms with Gasteiger partial charge in [-0.1, -0.05) is 0 Å². The molecule has 2 aromatic carbocycles. The SMILES string of the molecule is COc1cc(/C=N\NC(=O)COc2ccc3c(c2)OCO3)ccc1OCC(N)=O. The molecule has 2 amide bonds. The number of nitrogens with two attached hydrogens (primary N) is 1. The van der Waals surface area contributed by atoms with Crippen molar-refractivity contribution in [2.24, 2.45) is 10.8 Å². The molecule has 0 radical (unpaired) electrons. The van der Waals surface area contributed by atoms with E-state index >= 15 is 0 Å². The molecular formula is C19H19N3O7. The molecule has 0 fully saturated rings. The zero-order valence-electron chi connectivity index (χ0n) is 15.5. The highest BCUT2D eigenvalue weighted by Gasteiger charge is 2.14. The number of carbonyl (C=O) groups excluding carboxylic acids is 2. The van der Waals surface area contributed by atoms with E-state index in [1.807, 2.05) is 0 Å². The maximum absolute atomic E-state index is 11.9. The summed E-state index contributed by atoms with van der Waals surface area (Å²) in [7, 11) is 1.46. The molecule has 0 unspecified atom stereocenters. The zero-order chi connectivity index (χ0) is 20.6. The molecule has 1 heterocycles. The Labute approximate surface area is 166 Å². The van der Waals surface area contributed by atoms with E-state index in [-0.39, 0.29) is 20.0 Å². The third-order valence-corrected chi connectivity index (χ3v) is 3.67. The largest absolute Gasteiger partial charge is 0.493 e. The van der Waals surface area contributed by atoms with Gasteiger partial charge in [0.15, 0.2) is 36.2 Å². The minimum atomic E-state index is -0.594. The lowest BCUT2D eigenvalue weighted by Crippen LogP contribution is -2.24. The topological polar surface area (TPSA) is 131 Å². The Morgan fingerprint density at radius 2 is 1.93 bits per heavy atom. The Morgan fingerprint density at radius 1 is 1.10 bits per heavy atom. The fraction of sp³-hybridized carbons (Fsp3) is 0.211. The highest BCUT2D eigenvalue weighted by atomic mass is 16.7. The number of hydrazone groups is 1. The smallest absolute Gasteiger partial charge is 0.277 e. The fourth-order valence-corrected chi connectivity index (χ4v) is 2.36. The Bertz CT molecular complexity index is 930. The fourth-order valence-electron chi connectivity index (χ4n) is 2.36. The van der Waals surface area contributed by atoms with Crippen molar-refractivity contribution < 1.29 is 33.3 Å². The van der Waals surface area contributed by atoms with E-state index < -0.39 is 11.8 Å². The van der Waals surface area contributed by atoms with Crippen molar-refractivity contribution in [2.75, 3.05) is 27.1 Å². The van der Waals surface area contributed by atoms with E-state index in [1.165, 1.54) is 13.3 Å². The normalized spacial score (nSPS) is 11.9. The van der Waals surface area contributed by atoms with Gasteiger partial charge < -0.3 is 29.4 Å². The van der Waals surface area contributed by atoms with E-state index in [0.717, 1.165) is 0 Å². The number of amides is 2. The van der Waals surface area contributed by atoms with Gasteiger partial charge >= 0.3 is 0 Å². The predicted octanol–water partition coefficient (Wildman–Crippen LogP) is 0.817. The standard InChI is InChI=1S/C19H19N3O7/c1-25-16-6-12(2-4-14(16)27-9-18(20)23)8-21-22-19(24)10-26-13-3-5-15-17(7-13)29-11-28-15/h2-8H,9-11H2,1H3,(H2,20,23)(H,22,24)/b21-8-. The summed E-state index contributed by atoms with van der Waals surface area (Å²) in [5.74, 6) is 1.41. The van der Waals surface area contributed by atoms with Crippen LogP contribution in [0.3, 0.4) is 0 Å². The molecule has 0 aromatic heterocycles. The zero-order valence-corrected chi connectivity index (χ0v) is 15.5. The maximum Gasteiger partial charge on any atom is 0.277 e. The van der Waals surface area contributed by atoms with Gasteiger partial charge in [0.2, 0.25) is 6.79 Å². The van der Waals surface area contributed by atoms with Gasteiger partial charge in [0.1, 0.15) is 5.75 Å². The molecule has 152 valence electrons. The first-order chi connectivity index (χ1) is 14.0. The van der Waals surface area contributed by atoms with Gasteiger partial charge in [0.25, 0.3) is 11.8 Å². The summed E-state index contributed by atoms with van der Waals surface area (Å²) in [5.41, 5.74) is 8.06. The van der Waals surface area contributed by atoms with Gasteiger partial charge in [-0.05, 0) is 35.9 Å². The van der Waals surface area contributed by atoms with Gasteiger partial charge in [-0.3, -0.25) is 9.59 Å². The van der Waals surface area contributed by atoms with Crippen LogP contribution in [0.1, 0.15) is 5.56 Å². The van der Waals surface area contributed by atoms with Gasteiger partial charge in [-0.25, -0.2) is 5.43 Å². The van der Waals surface area contributed by atoms with Crippen molar-refractivity contribution in [1.29, 1.82) is 0 Å². The van der Waals surface area contributed by atoms with Crippen LogP contribution in [0, 0.1) is 0 Å². The second kappa shape index (κ2) is 9.31. The van der Waals surface area contributed by atoms with Crippen LogP contribution in [0.4, 0.5) is 0 Å². The Morgan fingerprint density at radius 3 is 2.72 bits per heavy atom. The number of ether oxygens (including phenoxy) is 5. The number of benzene rings is 2. The number of hydrogen-bond acceptors (Lipinski definition) is 8. The third kappa shape index (κ3) is 5.51. The molecule has 0 spiro atoms. The van der Waals surface area contributed by atoms with Crippen LogP contribution in [-0.4, -0.2) is 45.1 Å². The summed E-state index contributed by atoms with van der Waals surface area (Å²) in [6.07, 6.45) is 1.43. The molecule has 0 aliphatic carbocycles. The van der Waals surface area contributed by atoms with Gasteiger partial charge in [-0.2, -0.15) is 5.10 Å². The summed E-state index contributed by atoms with van der Waals surface area (Å²) < 4.78 is 26.3. The number of hydrogen-bond donors (Lipinski definition) is 2. The highest BCUT2D eigenvalue weighted by molar-refractivity contribution is 5.83. The Hall–Kier alpha value is -3.95. The predicted molar refractivity (Wildman–Crippen MR) is 101 cm³/mol. The summed E-state index contributed by atoms with van der Waals surface area (Å²) >= 11 is 0. The van der Waals surface area contributed by atoms with Gasteiger partial charge in [0.05, 0.1) is 13.3 Å². The van der Waals surface area contributed by atoms with Crippen LogP contribution < -0.4 is 34.8 Å². The van der Waals surface area contributed by atoms with Crippen molar-refractivity contribution in [3.05, 3.63) is 42.0 Å². The molecule has 0 saturated carbocycles. The summed E-state index contributed by atoms with van der Waals surface area (Å²) in [4.78, 5) is 22.7. The van der Waals surface area contributed by atoms with Crippen molar-refractivity contribution in [1.82, 2.24) is 5.43 Å². The van der Waals surface area contributed by atoms with E-state index in [4.69, 9.17) is 29.4 Å². The number of carbonyl (C=O) groups is 2. The minimum absolute atomic E-state index is 0.164. The molecular weight excluding hydrogens is 382 g/mol. The molecule has 1 aliphatic rings. The van der Waals surface area contributed by atoms with Crippen molar-refractivity contribution >= 4 is 18.0 Å². The molecule has 0 saturated heterocycles. The molecule has 1 aliphatic heterocycles. The highest BCUT2D eigenvalue weighted by Crippen LogP contribution is 2.35. The quantitative estimate of drug-likeness (QED) is 0.470. The second-order valence-electron chi connectivity index (χ2n) is 5.76. The average molecular weight is 401 g/mol. The Kier molecular flexibility index (Phi) is 6.36. The molecule has 10 nitrogen and oxygen atoms in total. The number of nitrogens with one attached hydrogen (secondary N) is 1. The minimum Gasteiger partial charge on any atom is -0.493 e. The molecule has 2 aromatic rings. The summed E-state index contributed by atoms with van der Waals surface area (Å²) in [5, 5.41) is 3.87. The average Bonchev–Trinajstić information content (AvgIpc) is 3.19. The number of primary amides is 1. The van der Waals surface area contributed by atoms with Gasteiger partial charge in [-0.15, -0.1) is 0 Å². The van der Waals surface area contributed by atoms with Crippen LogP contribution in [-0.2, 0) is 9.59 Å². The lowest BCUT2D eigenvalue weighted by molar-refractivity contribution is -0.123. The van der Waals surface area contributed by atoms with Crippen LogP contribution in [0.5, 0.6) is 28.7 Å². The first-order valence-corrected chi connectivity index (χ1v) is 8.48. The van der Waals surface area contributed by atoms with Crippen LogP contribution in [0.25, 0.3) is 0 Å². The van der Waals surface area contributed by atoms with E-state index in [1.54, 1.807) is 36.4 Å². The summed E-state index contributed by atoms with van der Waals surface area (Å²) in [6.45, 7) is -0.319. The molecule has 3 rings (SSSR count). The van der Waals surface area contributed by atoms with Crippen LogP contribution >= 0.6 is 0 Å². The van der Waals surface area contributed by atoms with E-state index in [2.05, 4.69) is 10.5 Å². The molecule has 0 bridgehead atoms. The second-order valence-corrected chi connectivity index (χ2v) is 5.76. The first kappa shape index (κ1) is 19.8. The number of fused-ring (bicyclic) bond motifs is 1. The van der Waals surface area contributed by atoms with Gasteiger partial charge in [0, 0.05) is 6.07 Å². The van der Waals surface area contributed by atoms with Crippen LogP contribution in [0.2, 0.25) is 0 Å². The van der Waals surface area contributed by atoms with Crippen LogP contribution in [0.15, 0.2) is 41.5 Å². The molecule has 0 atom stereocenters. The van der Waals surface area contributed by atoms with E-state index in [0.29, 0.717) is 34.3 Å². The summed E-state index contributed by atoms with van der Waals surface area (Å²) in [6, 6.07) is 9.95. The maximum atomic E-state index is 11.9. The molecule has 29 heavy (non-hydrogen) atoms. The third-order valence-electron chi connectivity index (χ3n) is 3.67. The number of rotatable bonds is 9. The number of nitrogens with zero attached hydrogens (tertiary/aromatic N) is 1. The lowest BCUT2D eigenvalue weighted by Gasteiger charge is -2.09. The van der Waals surface area contributed by atoms with Crippen molar-refractivity contribution in [2.45, 2.75) is 0 Å². The number of methoxy groups -OCH3 is 1. The molecule has 3 N–H and O–H groups in total. The lowest BCUT2D eigenvalue weighted by atomic mass is 10.2. The van der Waals surface area contributed by atoms with Crippen molar-refractivity contribution in [3.8, 4) is 28.7 Å². The van der Waals surface area contributed by atoms with E-state index in [9.17, 15) is 9.59 Å². The monoisotopic (exact) mass is 401 g/mol. The Balaban J connectivity index is 1.49. The molecule has 10 heteroatoms.